The molecular formula is C11H18N2O. The standard InChI is InChI=1S/C11H18N2O/c1-8(2)11(7-14)13-10-5-3-4-9(10)6-12/h8,11,13-14H,3-5,7H2,1-2H3. The van der Waals surface area contributed by atoms with Crippen LogP contribution in [0.4, 0.5) is 0 Å². The lowest BCUT2D eigenvalue weighted by Gasteiger charge is -2.22. The van der Waals surface area contributed by atoms with Crippen molar-refractivity contribution in [1.82, 2.24) is 5.32 Å². The zero-order chi connectivity index (χ0) is 10.6. The van der Waals surface area contributed by atoms with E-state index in [0.29, 0.717) is 5.92 Å². The summed E-state index contributed by atoms with van der Waals surface area (Å²) in [5.41, 5.74) is 1.91. The Balaban J connectivity index is 2.63. The van der Waals surface area contributed by atoms with Gasteiger partial charge in [0.05, 0.1) is 18.7 Å². The van der Waals surface area contributed by atoms with Crippen LogP contribution in [0, 0.1) is 17.2 Å². The molecule has 1 atom stereocenters. The SMILES string of the molecule is CC(C)C(CO)NC1=C(C#N)CCC1. The minimum absolute atomic E-state index is 0.0754. The minimum Gasteiger partial charge on any atom is -0.394 e. The molecule has 78 valence electrons. The van der Waals surface area contributed by atoms with Crippen LogP contribution < -0.4 is 5.32 Å². The first-order valence-electron chi connectivity index (χ1n) is 5.18. The van der Waals surface area contributed by atoms with Gasteiger partial charge in [-0.1, -0.05) is 13.8 Å². The van der Waals surface area contributed by atoms with Crippen LogP contribution in [-0.2, 0) is 0 Å². The van der Waals surface area contributed by atoms with Crippen molar-refractivity contribution in [3.63, 3.8) is 0 Å². The maximum atomic E-state index is 9.15. The van der Waals surface area contributed by atoms with E-state index in [0.717, 1.165) is 30.5 Å². The highest BCUT2D eigenvalue weighted by Gasteiger charge is 2.19. The quantitative estimate of drug-likeness (QED) is 0.714. The van der Waals surface area contributed by atoms with Crippen LogP contribution in [0.1, 0.15) is 33.1 Å². The number of hydrogen-bond acceptors (Lipinski definition) is 3. The van der Waals surface area contributed by atoms with Gasteiger partial charge in [-0.15, -0.1) is 0 Å². The number of nitrogens with zero attached hydrogens (tertiary/aromatic N) is 1. The van der Waals surface area contributed by atoms with Gasteiger partial charge in [0.1, 0.15) is 0 Å². The van der Waals surface area contributed by atoms with Crippen molar-refractivity contribution in [3.8, 4) is 6.07 Å². The summed E-state index contributed by atoms with van der Waals surface area (Å²) in [6.45, 7) is 4.25. The molecule has 3 heteroatoms. The normalized spacial score (nSPS) is 18.5. The molecule has 0 aromatic carbocycles. The van der Waals surface area contributed by atoms with Gasteiger partial charge in [-0.2, -0.15) is 5.26 Å². The fourth-order valence-electron chi connectivity index (χ4n) is 1.67. The highest BCUT2D eigenvalue weighted by atomic mass is 16.3. The summed E-state index contributed by atoms with van der Waals surface area (Å²) in [7, 11) is 0. The molecule has 0 heterocycles. The third-order valence-corrected chi connectivity index (χ3v) is 2.71. The molecule has 0 aromatic heterocycles. The molecule has 1 unspecified atom stereocenters. The summed E-state index contributed by atoms with van der Waals surface area (Å²) >= 11 is 0. The summed E-state index contributed by atoms with van der Waals surface area (Å²) in [5.74, 6) is 0.382. The van der Waals surface area contributed by atoms with Crippen LogP contribution in [0.3, 0.4) is 0 Å². The minimum atomic E-state index is 0.0754. The van der Waals surface area contributed by atoms with Crippen LogP contribution in [-0.4, -0.2) is 17.8 Å². The molecule has 0 spiro atoms. The molecule has 0 aliphatic heterocycles. The fraction of sp³-hybridized carbons (Fsp3) is 0.727. The summed E-state index contributed by atoms with van der Waals surface area (Å²) in [4.78, 5) is 0. The van der Waals surface area contributed by atoms with Crippen molar-refractivity contribution in [2.45, 2.75) is 39.2 Å². The molecule has 14 heavy (non-hydrogen) atoms. The molecular weight excluding hydrogens is 176 g/mol. The summed E-state index contributed by atoms with van der Waals surface area (Å²) < 4.78 is 0. The van der Waals surface area contributed by atoms with E-state index in [9.17, 15) is 0 Å². The molecule has 0 aromatic rings. The summed E-state index contributed by atoms with van der Waals surface area (Å²) in [6, 6.07) is 2.29. The average molecular weight is 194 g/mol. The van der Waals surface area contributed by atoms with Crippen LogP contribution in [0.25, 0.3) is 0 Å². The second-order valence-corrected chi connectivity index (χ2v) is 4.10. The maximum Gasteiger partial charge on any atom is 0.0965 e. The van der Waals surface area contributed by atoms with Crippen molar-refractivity contribution >= 4 is 0 Å². The molecule has 0 radical (unpaired) electrons. The van der Waals surface area contributed by atoms with Gasteiger partial charge in [0.25, 0.3) is 0 Å². The Morgan fingerprint density at radius 1 is 1.50 bits per heavy atom. The molecule has 0 bridgehead atoms. The Kier molecular flexibility index (Phi) is 3.97. The molecule has 3 nitrogen and oxygen atoms in total. The molecule has 1 aliphatic rings. The highest BCUT2D eigenvalue weighted by molar-refractivity contribution is 5.30. The molecule has 1 rings (SSSR count). The number of allylic oxidation sites excluding steroid dienone is 2. The van der Waals surface area contributed by atoms with E-state index in [4.69, 9.17) is 10.4 Å². The number of nitrogens with one attached hydrogen (secondary N) is 1. The van der Waals surface area contributed by atoms with Crippen LogP contribution >= 0.6 is 0 Å². The number of rotatable bonds is 4. The largest absolute Gasteiger partial charge is 0.394 e. The second-order valence-electron chi connectivity index (χ2n) is 4.10. The first kappa shape index (κ1) is 11.1. The smallest absolute Gasteiger partial charge is 0.0965 e. The van der Waals surface area contributed by atoms with Gasteiger partial charge < -0.3 is 10.4 Å². The second kappa shape index (κ2) is 5.02. The van der Waals surface area contributed by atoms with Gasteiger partial charge >= 0.3 is 0 Å². The number of aliphatic hydroxyl groups excluding tert-OH is 1. The number of hydrogen-bond donors (Lipinski definition) is 2. The van der Waals surface area contributed by atoms with E-state index in [1.807, 2.05) is 0 Å². The van der Waals surface area contributed by atoms with Crippen LogP contribution in [0.5, 0.6) is 0 Å². The van der Waals surface area contributed by atoms with Gasteiger partial charge in [-0.05, 0) is 25.2 Å². The van der Waals surface area contributed by atoms with Crippen molar-refractivity contribution in [2.24, 2.45) is 5.92 Å². The Morgan fingerprint density at radius 3 is 2.71 bits per heavy atom. The van der Waals surface area contributed by atoms with Crippen LogP contribution in [0.2, 0.25) is 0 Å². The lowest BCUT2D eigenvalue weighted by Crippen LogP contribution is -2.36. The Hall–Kier alpha value is -1.01. The van der Waals surface area contributed by atoms with Gasteiger partial charge in [-0.3, -0.25) is 0 Å². The van der Waals surface area contributed by atoms with Crippen molar-refractivity contribution < 1.29 is 5.11 Å². The van der Waals surface area contributed by atoms with Gasteiger partial charge in [0.2, 0.25) is 0 Å². The summed E-state index contributed by atoms with van der Waals surface area (Å²) in [6.07, 6.45) is 2.89. The molecule has 2 N–H and O–H groups in total. The Bertz CT molecular complexity index is 263. The molecule has 0 saturated carbocycles. The van der Waals surface area contributed by atoms with E-state index < -0.39 is 0 Å². The molecule has 0 amide bonds. The highest BCUT2D eigenvalue weighted by Crippen LogP contribution is 2.24. The van der Waals surface area contributed by atoms with E-state index in [-0.39, 0.29) is 12.6 Å². The third-order valence-electron chi connectivity index (χ3n) is 2.71. The topological polar surface area (TPSA) is 56.0 Å². The van der Waals surface area contributed by atoms with Crippen molar-refractivity contribution in [2.75, 3.05) is 6.61 Å². The van der Waals surface area contributed by atoms with E-state index >= 15 is 0 Å². The molecule has 1 aliphatic carbocycles. The first-order valence-corrected chi connectivity index (χ1v) is 5.18. The predicted molar refractivity (Wildman–Crippen MR) is 55.3 cm³/mol. The van der Waals surface area contributed by atoms with Crippen molar-refractivity contribution in [1.29, 1.82) is 5.26 Å². The van der Waals surface area contributed by atoms with Gasteiger partial charge in [0.15, 0.2) is 0 Å². The number of nitriles is 1. The summed E-state index contributed by atoms with van der Waals surface area (Å²) in [5, 5.41) is 21.3. The molecule has 0 fully saturated rings. The van der Waals surface area contributed by atoms with Gasteiger partial charge in [-0.25, -0.2) is 0 Å². The van der Waals surface area contributed by atoms with E-state index in [1.165, 1.54) is 0 Å². The van der Waals surface area contributed by atoms with E-state index in [2.05, 4.69) is 25.2 Å². The first-order chi connectivity index (χ1) is 6.69. The Morgan fingerprint density at radius 2 is 2.21 bits per heavy atom. The lowest BCUT2D eigenvalue weighted by molar-refractivity contribution is 0.218. The maximum absolute atomic E-state index is 9.15. The zero-order valence-electron chi connectivity index (χ0n) is 8.88. The third kappa shape index (κ3) is 2.49. The lowest BCUT2D eigenvalue weighted by atomic mass is 10.0. The zero-order valence-corrected chi connectivity index (χ0v) is 8.88. The average Bonchev–Trinajstić information content (AvgIpc) is 2.60. The molecule has 0 saturated heterocycles. The van der Waals surface area contributed by atoms with E-state index in [1.54, 1.807) is 0 Å². The predicted octanol–water partition coefficient (Wildman–Crippen LogP) is 1.55. The monoisotopic (exact) mass is 194 g/mol. The fourth-order valence-corrected chi connectivity index (χ4v) is 1.67. The van der Waals surface area contributed by atoms with Gasteiger partial charge in [0, 0.05) is 11.3 Å². The number of aliphatic hydroxyl groups is 1. The van der Waals surface area contributed by atoms with Crippen LogP contribution in [0.15, 0.2) is 11.3 Å². The Labute approximate surface area is 85.4 Å². The van der Waals surface area contributed by atoms with Crippen molar-refractivity contribution in [3.05, 3.63) is 11.3 Å².